The van der Waals surface area contributed by atoms with Crippen molar-refractivity contribution >= 4 is 40.4 Å². The summed E-state index contributed by atoms with van der Waals surface area (Å²) < 4.78 is 7.35. The molecule has 54 heavy (non-hydrogen) atoms. The summed E-state index contributed by atoms with van der Waals surface area (Å²) in [5.74, 6) is -2.64. The second-order valence-corrected chi connectivity index (χ2v) is 14.6. The number of ether oxygens (including phenoxy) is 1. The summed E-state index contributed by atoms with van der Waals surface area (Å²) in [4.78, 5) is 88.6. The molecule has 2 aromatic carbocycles. The van der Waals surface area contributed by atoms with Crippen LogP contribution >= 0.6 is 0 Å². The van der Waals surface area contributed by atoms with Gasteiger partial charge in [0, 0.05) is 33.0 Å². The Bertz CT molecular complexity index is 1870. The SMILES string of the molecule is CC(C)C[C@H]1NC(=O)CN(C(=O)CCCn2cnc3ccccc3c2=O)C[C@H]2OCC[C@H](NC(=O)[C@H](Cc3ccccc3)NC(=O)[C@H](C)N(C)C1=O)[C@@H]2O. The Morgan fingerprint density at radius 2 is 1.69 bits per heavy atom. The monoisotopic (exact) mass is 745 g/mol. The zero-order valence-corrected chi connectivity index (χ0v) is 31.3. The molecule has 15 heteroatoms. The Balaban J connectivity index is 1.40. The second kappa shape index (κ2) is 18.3. The second-order valence-electron chi connectivity index (χ2n) is 14.6. The maximum atomic E-state index is 13.8. The van der Waals surface area contributed by atoms with Gasteiger partial charge in [-0.15, -0.1) is 0 Å². The third kappa shape index (κ3) is 10.1. The number of aryl methyl sites for hydroxylation is 1. The van der Waals surface area contributed by atoms with Crippen LogP contribution in [0.2, 0.25) is 0 Å². The number of aliphatic hydroxyl groups is 1. The molecule has 5 amide bonds. The van der Waals surface area contributed by atoms with Crippen LogP contribution in [0.3, 0.4) is 0 Å². The van der Waals surface area contributed by atoms with Crippen molar-refractivity contribution in [3.63, 3.8) is 0 Å². The van der Waals surface area contributed by atoms with Crippen LogP contribution in [-0.4, -0.2) is 117 Å². The number of aromatic nitrogens is 2. The standard InChI is InChI=1S/C39H51N7O8/c1-24(2)19-31-39(53)44(4)25(3)36(50)43-30(20-26-11-6-5-7-12-26)37(51)42-29-16-18-54-32(35(29)49)21-46(22-33(47)41-31)34(48)15-10-17-45-23-40-28-14-9-8-13-27(28)38(45)52/h5-9,11-14,23-25,29-32,35,49H,10,15-22H2,1-4H3,(H,41,47)(H,42,51)(H,43,50)/t25-,29-,30-,31+,32+,35-/m0/s1. The van der Waals surface area contributed by atoms with E-state index >= 15 is 0 Å². The van der Waals surface area contributed by atoms with Gasteiger partial charge >= 0.3 is 0 Å². The molecular weight excluding hydrogens is 694 g/mol. The Kier molecular flexibility index (Phi) is 13.5. The van der Waals surface area contributed by atoms with Crippen LogP contribution in [0.4, 0.5) is 0 Å². The molecule has 6 atom stereocenters. The van der Waals surface area contributed by atoms with Crippen LogP contribution in [0.5, 0.6) is 0 Å². The van der Waals surface area contributed by atoms with Crippen molar-refractivity contribution in [3.8, 4) is 0 Å². The number of benzene rings is 2. The van der Waals surface area contributed by atoms with Crippen LogP contribution in [0.15, 0.2) is 65.7 Å². The summed E-state index contributed by atoms with van der Waals surface area (Å²) in [6.45, 7) is 5.07. The maximum Gasteiger partial charge on any atom is 0.261 e. The lowest BCUT2D eigenvalue weighted by Gasteiger charge is -2.38. The first-order chi connectivity index (χ1) is 25.8. The van der Waals surface area contributed by atoms with Gasteiger partial charge in [0.25, 0.3) is 5.56 Å². The van der Waals surface area contributed by atoms with E-state index in [1.807, 2.05) is 44.2 Å². The van der Waals surface area contributed by atoms with Gasteiger partial charge in [0.1, 0.15) is 30.3 Å². The predicted molar refractivity (Wildman–Crippen MR) is 200 cm³/mol. The van der Waals surface area contributed by atoms with E-state index in [1.54, 1.807) is 31.2 Å². The Morgan fingerprint density at radius 3 is 2.43 bits per heavy atom. The largest absolute Gasteiger partial charge is 0.388 e. The van der Waals surface area contributed by atoms with Crippen LogP contribution in [-0.2, 0) is 41.7 Å². The Hall–Kier alpha value is -5.15. The minimum absolute atomic E-state index is 0.0155. The normalized spacial score (nSPS) is 24.9. The summed E-state index contributed by atoms with van der Waals surface area (Å²) in [6.07, 6.45) is 0.109. The fraction of sp³-hybridized carbons (Fsp3) is 0.513. The van der Waals surface area contributed by atoms with Gasteiger partial charge in [-0.2, -0.15) is 0 Å². The van der Waals surface area contributed by atoms with Gasteiger partial charge in [-0.05, 0) is 49.8 Å². The van der Waals surface area contributed by atoms with Crippen LogP contribution in [0.25, 0.3) is 10.9 Å². The maximum absolute atomic E-state index is 13.8. The first-order valence-corrected chi connectivity index (χ1v) is 18.5. The van der Waals surface area contributed by atoms with Crippen molar-refractivity contribution < 1.29 is 33.8 Å². The van der Waals surface area contributed by atoms with Crippen molar-refractivity contribution in [1.82, 2.24) is 35.3 Å². The lowest BCUT2D eigenvalue weighted by Crippen LogP contribution is -2.60. The van der Waals surface area contributed by atoms with E-state index in [2.05, 4.69) is 20.9 Å². The zero-order chi connectivity index (χ0) is 38.9. The van der Waals surface area contributed by atoms with Gasteiger partial charge < -0.3 is 35.6 Å². The number of nitrogens with zero attached hydrogens (tertiary/aromatic N) is 4. The van der Waals surface area contributed by atoms with Crippen LogP contribution in [0, 0.1) is 5.92 Å². The van der Waals surface area contributed by atoms with E-state index in [0.29, 0.717) is 10.9 Å². The molecule has 4 N–H and O–H groups in total. The molecule has 3 aromatic rings. The molecule has 2 aliphatic heterocycles. The van der Waals surface area contributed by atoms with E-state index in [-0.39, 0.29) is 63.3 Å². The van der Waals surface area contributed by atoms with E-state index in [9.17, 15) is 33.9 Å². The summed E-state index contributed by atoms with van der Waals surface area (Å²) in [6, 6.07) is 12.3. The zero-order valence-electron chi connectivity index (χ0n) is 31.3. The molecule has 290 valence electrons. The van der Waals surface area contributed by atoms with Gasteiger partial charge in [0.05, 0.1) is 36.4 Å². The number of fused-ring (bicyclic) bond motifs is 3. The van der Waals surface area contributed by atoms with Crippen molar-refractivity contribution in [2.75, 3.05) is 26.7 Å². The molecule has 0 aliphatic carbocycles. The highest BCUT2D eigenvalue weighted by Crippen LogP contribution is 2.19. The minimum Gasteiger partial charge on any atom is -0.388 e. The molecule has 2 fully saturated rings. The van der Waals surface area contributed by atoms with E-state index in [1.165, 1.54) is 27.7 Å². The molecule has 5 rings (SSSR count). The molecule has 0 radical (unpaired) electrons. The smallest absolute Gasteiger partial charge is 0.261 e. The lowest BCUT2D eigenvalue weighted by atomic mass is 9.97. The van der Waals surface area contributed by atoms with E-state index < -0.39 is 72.5 Å². The molecule has 2 saturated heterocycles. The predicted octanol–water partition coefficient (Wildman–Crippen LogP) is 0.759. The fourth-order valence-electron chi connectivity index (χ4n) is 6.84. The number of carbonyl (C=O) groups excluding carboxylic acids is 5. The molecule has 0 saturated carbocycles. The summed E-state index contributed by atoms with van der Waals surface area (Å²) in [5.41, 5.74) is 1.13. The third-order valence-electron chi connectivity index (χ3n) is 10.1. The Labute approximate surface area is 314 Å². The highest BCUT2D eigenvalue weighted by molar-refractivity contribution is 5.94. The fourth-order valence-corrected chi connectivity index (χ4v) is 6.84. The highest BCUT2D eigenvalue weighted by atomic mass is 16.5. The van der Waals surface area contributed by atoms with Crippen LogP contribution in [0.1, 0.15) is 52.0 Å². The number of amides is 5. The van der Waals surface area contributed by atoms with E-state index in [0.717, 1.165) is 5.56 Å². The average molecular weight is 746 g/mol. The first-order valence-electron chi connectivity index (χ1n) is 18.5. The van der Waals surface area contributed by atoms with Crippen molar-refractivity contribution in [1.29, 1.82) is 0 Å². The number of aliphatic hydroxyl groups excluding tert-OH is 1. The minimum atomic E-state index is -1.26. The van der Waals surface area contributed by atoms with Gasteiger partial charge in [-0.3, -0.25) is 33.3 Å². The molecule has 0 unspecified atom stereocenters. The summed E-state index contributed by atoms with van der Waals surface area (Å²) >= 11 is 0. The Morgan fingerprint density at radius 1 is 0.963 bits per heavy atom. The molecule has 3 heterocycles. The molecule has 0 spiro atoms. The van der Waals surface area contributed by atoms with Gasteiger partial charge in [-0.25, -0.2) is 4.98 Å². The molecule has 1 aromatic heterocycles. The summed E-state index contributed by atoms with van der Waals surface area (Å²) in [5, 5.41) is 20.4. The number of rotatable bonds is 8. The quantitative estimate of drug-likeness (QED) is 0.258. The average Bonchev–Trinajstić information content (AvgIpc) is 3.15. The lowest BCUT2D eigenvalue weighted by molar-refractivity contribution is -0.146. The number of carbonyl (C=O) groups is 5. The number of hydrogen-bond acceptors (Lipinski definition) is 9. The van der Waals surface area contributed by atoms with E-state index in [4.69, 9.17) is 4.74 Å². The number of nitrogens with one attached hydrogen (secondary N) is 3. The van der Waals surface area contributed by atoms with Gasteiger partial charge in [0.2, 0.25) is 29.5 Å². The van der Waals surface area contributed by atoms with Gasteiger partial charge in [0.15, 0.2) is 0 Å². The third-order valence-corrected chi connectivity index (χ3v) is 10.1. The molecule has 2 aliphatic rings. The van der Waals surface area contributed by atoms with Crippen molar-refractivity contribution in [3.05, 3.63) is 76.8 Å². The van der Waals surface area contributed by atoms with Crippen molar-refractivity contribution in [2.45, 2.75) is 95.8 Å². The molecular formula is C39H51N7O8. The molecule has 2 bridgehead atoms. The number of para-hydroxylation sites is 1. The first kappa shape index (κ1) is 40.0. The topological polar surface area (TPSA) is 192 Å². The highest BCUT2D eigenvalue weighted by Gasteiger charge is 2.39. The molecule has 15 nitrogen and oxygen atoms in total. The number of hydrogen-bond donors (Lipinski definition) is 4. The summed E-state index contributed by atoms with van der Waals surface area (Å²) in [7, 11) is 1.47. The van der Waals surface area contributed by atoms with Crippen molar-refractivity contribution in [2.24, 2.45) is 5.92 Å². The van der Waals surface area contributed by atoms with Crippen LogP contribution < -0.4 is 21.5 Å². The van der Waals surface area contributed by atoms with Gasteiger partial charge in [-0.1, -0.05) is 56.3 Å². The number of likely N-dealkylation sites (N-methyl/N-ethyl adjacent to an activating group) is 1.